The molecule has 1 aromatic rings. The summed E-state index contributed by atoms with van der Waals surface area (Å²) in [6, 6.07) is 10.9. The van der Waals surface area contributed by atoms with Gasteiger partial charge in [0.1, 0.15) is 0 Å². The molecule has 0 amide bonds. The van der Waals surface area contributed by atoms with Crippen LogP contribution in [-0.2, 0) is 6.42 Å². The summed E-state index contributed by atoms with van der Waals surface area (Å²) >= 11 is 0. The first-order valence-electron chi connectivity index (χ1n) is 6.58. The fourth-order valence-electron chi connectivity index (χ4n) is 2.19. The third kappa shape index (κ3) is 3.66. The molecule has 2 unspecified atom stereocenters. The van der Waals surface area contributed by atoms with Crippen molar-refractivity contribution in [1.82, 2.24) is 0 Å². The van der Waals surface area contributed by atoms with Gasteiger partial charge in [0.25, 0.3) is 0 Å². The quantitative estimate of drug-likeness (QED) is 0.636. The van der Waals surface area contributed by atoms with Crippen LogP contribution in [0.1, 0.15) is 46.1 Å². The minimum Gasteiger partial charge on any atom is -0.0651 e. The Labute approximate surface area is 101 Å². The van der Waals surface area contributed by atoms with E-state index in [4.69, 9.17) is 0 Å². The van der Waals surface area contributed by atoms with Crippen molar-refractivity contribution in [1.29, 1.82) is 0 Å². The summed E-state index contributed by atoms with van der Waals surface area (Å²) in [7, 11) is 0. The number of hydrogen-bond acceptors (Lipinski definition) is 0. The third-order valence-corrected chi connectivity index (χ3v) is 3.74. The molecule has 0 saturated carbocycles. The topological polar surface area (TPSA) is 0 Å². The first-order valence-corrected chi connectivity index (χ1v) is 6.58. The third-order valence-electron chi connectivity index (χ3n) is 3.74. The highest BCUT2D eigenvalue weighted by atomic mass is 14.3. The Bertz CT molecular complexity index is 265. The highest BCUT2D eigenvalue weighted by Gasteiger charge is 2.22. The van der Waals surface area contributed by atoms with Gasteiger partial charge in [-0.25, -0.2) is 0 Å². The molecule has 0 nitrogen and oxygen atoms in total. The van der Waals surface area contributed by atoms with Crippen molar-refractivity contribution in [3.8, 4) is 0 Å². The lowest BCUT2D eigenvalue weighted by Gasteiger charge is -2.28. The number of rotatable bonds is 6. The fourth-order valence-corrected chi connectivity index (χ4v) is 2.19. The Morgan fingerprint density at radius 1 is 0.938 bits per heavy atom. The average molecular weight is 217 g/mol. The lowest BCUT2D eigenvalue weighted by atomic mass is 9.77. The van der Waals surface area contributed by atoms with Crippen molar-refractivity contribution in [2.75, 3.05) is 0 Å². The molecule has 0 aliphatic heterocycles. The SMILES string of the molecule is CCC(C)[C](Cc1ccccc1)C(C)CC. The van der Waals surface area contributed by atoms with Gasteiger partial charge >= 0.3 is 0 Å². The van der Waals surface area contributed by atoms with E-state index in [1.807, 2.05) is 0 Å². The highest BCUT2D eigenvalue weighted by Crippen LogP contribution is 2.31. The van der Waals surface area contributed by atoms with E-state index >= 15 is 0 Å². The minimum atomic E-state index is 0.746. The Kier molecular flexibility index (Phi) is 5.59. The van der Waals surface area contributed by atoms with Gasteiger partial charge in [-0.05, 0) is 29.7 Å². The van der Waals surface area contributed by atoms with Crippen molar-refractivity contribution in [2.24, 2.45) is 11.8 Å². The molecule has 0 aliphatic carbocycles. The van der Waals surface area contributed by atoms with Crippen molar-refractivity contribution in [3.05, 3.63) is 41.8 Å². The molecule has 0 fully saturated rings. The van der Waals surface area contributed by atoms with Gasteiger partial charge in [-0.1, -0.05) is 70.9 Å². The molecule has 16 heavy (non-hydrogen) atoms. The normalized spacial score (nSPS) is 15.1. The Morgan fingerprint density at radius 3 is 1.88 bits per heavy atom. The first kappa shape index (κ1) is 13.3. The molecule has 1 radical (unpaired) electrons. The van der Waals surface area contributed by atoms with Crippen LogP contribution in [0.5, 0.6) is 0 Å². The molecule has 0 aliphatic rings. The lowest BCUT2D eigenvalue weighted by Crippen LogP contribution is -2.19. The maximum Gasteiger partial charge on any atom is -0.0141 e. The molecule has 0 heteroatoms. The van der Waals surface area contributed by atoms with Crippen LogP contribution >= 0.6 is 0 Å². The molecule has 89 valence electrons. The summed E-state index contributed by atoms with van der Waals surface area (Å²) in [5.41, 5.74) is 1.46. The number of benzene rings is 1. The predicted octanol–water partition coefficient (Wildman–Crippen LogP) is 4.90. The zero-order valence-electron chi connectivity index (χ0n) is 11.2. The average Bonchev–Trinajstić information content (AvgIpc) is 2.35. The summed E-state index contributed by atoms with van der Waals surface area (Å²) in [6.45, 7) is 9.31. The summed E-state index contributed by atoms with van der Waals surface area (Å²) in [4.78, 5) is 0. The van der Waals surface area contributed by atoms with E-state index in [9.17, 15) is 0 Å². The van der Waals surface area contributed by atoms with Gasteiger partial charge in [0.15, 0.2) is 0 Å². The molecule has 0 saturated heterocycles. The van der Waals surface area contributed by atoms with Gasteiger partial charge in [-0.3, -0.25) is 0 Å². The zero-order valence-corrected chi connectivity index (χ0v) is 11.2. The van der Waals surface area contributed by atoms with Crippen LogP contribution in [0, 0.1) is 17.8 Å². The standard InChI is InChI=1S/C16H25/c1-5-13(3)16(14(4)6-2)12-15-10-8-7-9-11-15/h7-11,13-14H,5-6,12H2,1-4H3. The van der Waals surface area contributed by atoms with E-state index < -0.39 is 0 Å². The second-order valence-electron chi connectivity index (χ2n) is 4.86. The molecule has 0 bridgehead atoms. The maximum absolute atomic E-state index is 2.37. The molecular weight excluding hydrogens is 192 g/mol. The molecule has 0 N–H and O–H groups in total. The largest absolute Gasteiger partial charge is 0.0651 e. The Morgan fingerprint density at radius 2 is 1.44 bits per heavy atom. The lowest BCUT2D eigenvalue weighted by molar-refractivity contribution is 0.426. The highest BCUT2D eigenvalue weighted by molar-refractivity contribution is 5.20. The Hall–Kier alpha value is -0.780. The second-order valence-corrected chi connectivity index (χ2v) is 4.86. The van der Waals surface area contributed by atoms with Crippen molar-refractivity contribution in [2.45, 2.75) is 47.0 Å². The summed E-state index contributed by atoms with van der Waals surface area (Å²) in [5, 5.41) is 0. The van der Waals surface area contributed by atoms with E-state index in [0.29, 0.717) is 0 Å². The van der Waals surface area contributed by atoms with Gasteiger partial charge in [-0.2, -0.15) is 0 Å². The summed E-state index contributed by atoms with van der Waals surface area (Å²) < 4.78 is 0. The van der Waals surface area contributed by atoms with E-state index in [2.05, 4.69) is 58.0 Å². The van der Waals surface area contributed by atoms with Crippen LogP contribution in [0.3, 0.4) is 0 Å². The summed E-state index contributed by atoms with van der Waals surface area (Å²) in [5.74, 6) is 3.21. The van der Waals surface area contributed by atoms with Crippen LogP contribution in [0.2, 0.25) is 0 Å². The van der Waals surface area contributed by atoms with Crippen molar-refractivity contribution < 1.29 is 0 Å². The second kappa shape index (κ2) is 6.73. The molecule has 1 rings (SSSR count). The van der Waals surface area contributed by atoms with Gasteiger partial charge < -0.3 is 0 Å². The molecule has 0 spiro atoms. The molecule has 2 atom stereocenters. The van der Waals surface area contributed by atoms with Crippen LogP contribution < -0.4 is 0 Å². The minimum absolute atomic E-state index is 0.746. The van der Waals surface area contributed by atoms with Crippen molar-refractivity contribution >= 4 is 0 Å². The zero-order chi connectivity index (χ0) is 12.0. The predicted molar refractivity (Wildman–Crippen MR) is 72.3 cm³/mol. The molecular formula is C16H25. The van der Waals surface area contributed by atoms with E-state index in [0.717, 1.165) is 18.3 Å². The van der Waals surface area contributed by atoms with Crippen LogP contribution in [0.25, 0.3) is 0 Å². The molecule has 0 aromatic heterocycles. The fraction of sp³-hybridized carbons (Fsp3) is 0.562. The number of hydrogen-bond donors (Lipinski definition) is 0. The van der Waals surface area contributed by atoms with Crippen molar-refractivity contribution in [3.63, 3.8) is 0 Å². The van der Waals surface area contributed by atoms with Gasteiger partial charge in [-0.15, -0.1) is 0 Å². The van der Waals surface area contributed by atoms with Gasteiger partial charge in [0.05, 0.1) is 0 Å². The van der Waals surface area contributed by atoms with E-state index in [-0.39, 0.29) is 0 Å². The van der Waals surface area contributed by atoms with E-state index in [1.54, 1.807) is 5.92 Å². The maximum atomic E-state index is 2.37. The first-order chi connectivity index (χ1) is 7.69. The van der Waals surface area contributed by atoms with E-state index in [1.165, 1.54) is 18.4 Å². The van der Waals surface area contributed by atoms with Crippen LogP contribution in [-0.4, -0.2) is 0 Å². The molecule has 1 aromatic carbocycles. The smallest absolute Gasteiger partial charge is 0.0141 e. The van der Waals surface area contributed by atoms with Crippen LogP contribution in [0.4, 0.5) is 0 Å². The summed E-state index contributed by atoms with van der Waals surface area (Å²) in [6.07, 6.45) is 3.67. The Balaban J connectivity index is 2.71. The monoisotopic (exact) mass is 217 g/mol. The molecule has 0 heterocycles. The van der Waals surface area contributed by atoms with Gasteiger partial charge in [0, 0.05) is 0 Å². The van der Waals surface area contributed by atoms with Gasteiger partial charge in [0.2, 0.25) is 0 Å². The van der Waals surface area contributed by atoms with Crippen LogP contribution in [0.15, 0.2) is 30.3 Å².